The van der Waals surface area contributed by atoms with Gasteiger partial charge < -0.3 is 5.32 Å². The fraction of sp³-hybridized carbons (Fsp3) is 0.647. The van der Waals surface area contributed by atoms with Crippen LogP contribution in [0.15, 0.2) is 22.7 Å². The molecule has 0 heterocycles. The van der Waals surface area contributed by atoms with Gasteiger partial charge in [-0.3, -0.25) is 0 Å². The van der Waals surface area contributed by atoms with Gasteiger partial charge in [0.15, 0.2) is 0 Å². The van der Waals surface area contributed by atoms with Crippen molar-refractivity contribution in [2.45, 2.75) is 52.0 Å². The highest BCUT2D eigenvalue weighted by Gasteiger charge is 2.36. The Balaban J connectivity index is 2.13. The van der Waals surface area contributed by atoms with Crippen LogP contribution in [0.25, 0.3) is 0 Å². The molecule has 0 bridgehead atoms. The predicted octanol–water partition coefficient (Wildman–Crippen LogP) is 4.94. The van der Waals surface area contributed by atoms with Gasteiger partial charge in [0.1, 0.15) is 5.82 Å². The Morgan fingerprint density at radius 2 is 2.15 bits per heavy atom. The van der Waals surface area contributed by atoms with Gasteiger partial charge in [-0.15, -0.1) is 0 Å². The molecule has 2 rings (SSSR count). The first kappa shape index (κ1) is 16.0. The summed E-state index contributed by atoms with van der Waals surface area (Å²) in [4.78, 5) is 0. The lowest BCUT2D eigenvalue weighted by Gasteiger charge is -2.43. The van der Waals surface area contributed by atoms with Crippen molar-refractivity contribution in [2.24, 2.45) is 11.3 Å². The van der Waals surface area contributed by atoms with E-state index in [9.17, 15) is 4.39 Å². The number of rotatable bonds is 4. The van der Waals surface area contributed by atoms with Crippen LogP contribution in [0.1, 0.15) is 45.1 Å². The molecular formula is C17H25BrFN. The van der Waals surface area contributed by atoms with Crippen LogP contribution < -0.4 is 5.32 Å². The minimum atomic E-state index is -0.187. The zero-order valence-electron chi connectivity index (χ0n) is 12.7. The van der Waals surface area contributed by atoms with Gasteiger partial charge in [-0.2, -0.15) is 0 Å². The second-order valence-electron chi connectivity index (χ2n) is 6.69. The summed E-state index contributed by atoms with van der Waals surface area (Å²) in [5.41, 5.74) is 1.59. The highest BCUT2D eigenvalue weighted by atomic mass is 79.9. The molecule has 1 aromatic rings. The number of halogens is 2. The Labute approximate surface area is 130 Å². The number of hydrogen-bond donors (Lipinski definition) is 1. The van der Waals surface area contributed by atoms with Crippen molar-refractivity contribution >= 4 is 15.9 Å². The van der Waals surface area contributed by atoms with Crippen LogP contribution in [0.5, 0.6) is 0 Å². The maximum absolute atomic E-state index is 13.3. The molecule has 3 heteroatoms. The van der Waals surface area contributed by atoms with E-state index in [1.165, 1.54) is 31.2 Å². The van der Waals surface area contributed by atoms with Crippen LogP contribution in [-0.2, 0) is 6.42 Å². The molecule has 1 fully saturated rings. The molecule has 1 saturated carbocycles. The summed E-state index contributed by atoms with van der Waals surface area (Å²) in [5, 5.41) is 3.50. The third-order valence-corrected chi connectivity index (χ3v) is 5.49. The van der Waals surface area contributed by atoms with Gasteiger partial charge in [0, 0.05) is 6.04 Å². The summed E-state index contributed by atoms with van der Waals surface area (Å²) in [6.07, 6.45) is 6.24. The van der Waals surface area contributed by atoms with E-state index in [4.69, 9.17) is 0 Å². The molecule has 1 nitrogen and oxygen atoms in total. The van der Waals surface area contributed by atoms with Gasteiger partial charge in [-0.25, -0.2) is 4.39 Å². The SMILES string of the molecule is CNC(Cc1ccc(F)c(Br)c1)C1CCCCC1(C)C. The maximum Gasteiger partial charge on any atom is 0.137 e. The molecule has 0 amide bonds. The smallest absolute Gasteiger partial charge is 0.137 e. The van der Waals surface area contributed by atoms with Crippen LogP contribution in [-0.4, -0.2) is 13.1 Å². The maximum atomic E-state index is 13.3. The number of benzene rings is 1. The Kier molecular flexibility index (Phi) is 5.25. The van der Waals surface area contributed by atoms with E-state index in [2.05, 4.69) is 35.1 Å². The van der Waals surface area contributed by atoms with Crippen molar-refractivity contribution in [3.63, 3.8) is 0 Å². The molecule has 0 radical (unpaired) electrons. The molecule has 2 atom stereocenters. The van der Waals surface area contributed by atoms with Crippen LogP contribution >= 0.6 is 15.9 Å². The topological polar surface area (TPSA) is 12.0 Å². The fourth-order valence-corrected chi connectivity index (χ4v) is 4.06. The molecule has 0 saturated heterocycles. The molecule has 1 aliphatic rings. The molecule has 20 heavy (non-hydrogen) atoms. The van der Waals surface area contributed by atoms with E-state index >= 15 is 0 Å². The lowest BCUT2D eigenvalue weighted by atomic mass is 9.65. The van der Waals surface area contributed by atoms with Crippen molar-refractivity contribution in [3.8, 4) is 0 Å². The van der Waals surface area contributed by atoms with Crippen LogP contribution in [0.3, 0.4) is 0 Å². The molecule has 1 aromatic carbocycles. The minimum Gasteiger partial charge on any atom is -0.316 e. The monoisotopic (exact) mass is 341 g/mol. The van der Waals surface area contributed by atoms with Gasteiger partial charge in [-0.05, 0) is 71.3 Å². The van der Waals surface area contributed by atoms with Crippen molar-refractivity contribution in [2.75, 3.05) is 7.05 Å². The van der Waals surface area contributed by atoms with E-state index < -0.39 is 0 Å². The molecule has 0 aliphatic heterocycles. The number of nitrogens with one attached hydrogen (secondary N) is 1. The molecule has 2 unspecified atom stereocenters. The van der Waals surface area contributed by atoms with Gasteiger partial charge in [0.2, 0.25) is 0 Å². The zero-order chi connectivity index (χ0) is 14.8. The lowest BCUT2D eigenvalue weighted by Crippen LogP contribution is -2.44. The van der Waals surface area contributed by atoms with E-state index in [1.54, 1.807) is 6.07 Å². The average Bonchev–Trinajstić information content (AvgIpc) is 2.40. The van der Waals surface area contributed by atoms with Crippen molar-refractivity contribution < 1.29 is 4.39 Å². The predicted molar refractivity (Wildman–Crippen MR) is 86.4 cm³/mol. The summed E-state index contributed by atoms with van der Waals surface area (Å²) in [5.74, 6) is 0.498. The molecule has 112 valence electrons. The molecule has 1 N–H and O–H groups in total. The summed E-state index contributed by atoms with van der Waals surface area (Å²) in [6.45, 7) is 4.78. The normalized spacial score (nSPS) is 23.6. The van der Waals surface area contributed by atoms with Crippen LogP contribution in [0, 0.1) is 17.2 Å². The molecule has 0 aromatic heterocycles. The lowest BCUT2D eigenvalue weighted by molar-refractivity contribution is 0.101. The molecular weight excluding hydrogens is 317 g/mol. The standard InChI is InChI=1S/C17H25BrFN/c1-17(2)9-5-4-6-13(17)16(20-3)11-12-7-8-15(19)14(18)10-12/h7-8,10,13,16,20H,4-6,9,11H2,1-3H3. The largest absolute Gasteiger partial charge is 0.316 e. The minimum absolute atomic E-state index is 0.187. The van der Waals surface area contributed by atoms with Crippen molar-refractivity contribution in [1.29, 1.82) is 0 Å². The third-order valence-electron chi connectivity index (χ3n) is 4.89. The third kappa shape index (κ3) is 3.62. The second kappa shape index (κ2) is 6.57. The highest BCUT2D eigenvalue weighted by molar-refractivity contribution is 9.10. The van der Waals surface area contributed by atoms with Crippen molar-refractivity contribution in [3.05, 3.63) is 34.1 Å². The summed E-state index contributed by atoms with van der Waals surface area (Å²) < 4.78 is 13.9. The first-order chi connectivity index (χ1) is 9.44. The van der Waals surface area contributed by atoms with E-state index in [0.29, 0.717) is 21.8 Å². The second-order valence-corrected chi connectivity index (χ2v) is 7.54. The van der Waals surface area contributed by atoms with Gasteiger partial charge in [-0.1, -0.05) is 32.8 Å². The Morgan fingerprint density at radius 1 is 1.40 bits per heavy atom. The van der Waals surface area contributed by atoms with E-state index in [0.717, 1.165) is 6.42 Å². The van der Waals surface area contributed by atoms with Gasteiger partial charge in [0.05, 0.1) is 4.47 Å². The number of likely N-dealkylation sites (N-methyl/N-ethyl adjacent to an activating group) is 1. The molecule has 0 spiro atoms. The van der Waals surface area contributed by atoms with Crippen LogP contribution in [0.4, 0.5) is 4.39 Å². The van der Waals surface area contributed by atoms with Gasteiger partial charge >= 0.3 is 0 Å². The average molecular weight is 342 g/mol. The first-order valence-corrected chi connectivity index (χ1v) is 8.34. The summed E-state index contributed by atoms with van der Waals surface area (Å²) in [6, 6.07) is 5.83. The number of hydrogen-bond acceptors (Lipinski definition) is 1. The Bertz CT molecular complexity index is 458. The zero-order valence-corrected chi connectivity index (χ0v) is 14.3. The Hall–Kier alpha value is -0.410. The molecule has 1 aliphatic carbocycles. The highest BCUT2D eigenvalue weighted by Crippen LogP contribution is 2.43. The van der Waals surface area contributed by atoms with Crippen LogP contribution in [0.2, 0.25) is 0 Å². The van der Waals surface area contributed by atoms with Crippen molar-refractivity contribution in [1.82, 2.24) is 5.32 Å². The van der Waals surface area contributed by atoms with E-state index in [-0.39, 0.29) is 5.82 Å². The van der Waals surface area contributed by atoms with E-state index in [1.807, 2.05) is 19.2 Å². The summed E-state index contributed by atoms with van der Waals surface area (Å²) >= 11 is 3.28. The Morgan fingerprint density at radius 3 is 2.75 bits per heavy atom. The first-order valence-electron chi connectivity index (χ1n) is 7.55. The van der Waals surface area contributed by atoms with Gasteiger partial charge in [0.25, 0.3) is 0 Å². The quantitative estimate of drug-likeness (QED) is 0.818. The fourth-order valence-electron chi connectivity index (χ4n) is 3.63. The summed E-state index contributed by atoms with van der Waals surface area (Å²) in [7, 11) is 2.05.